The Morgan fingerprint density at radius 3 is 2.33 bits per heavy atom. The molecule has 0 saturated heterocycles. The van der Waals surface area contributed by atoms with Crippen molar-refractivity contribution in [2.45, 2.75) is 24.2 Å². The van der Waals surface area contributed by atoms with E-state index in [2.05, 4.69) is 5.32 Å². The van der Waals surface area contributed by atoms with Crippen LogP contribution in [-0.2, 0) is 23.2 Å². The fraction of sp³-hybridized carbons (Fsp3) is 0.143. The number of halogens is 1. The van der Waals surface area contributed by atoms with Crippen molar-refractivity contribution in [3.05, 3.63) is 119 Å². The Morgan fingerprint density at radius 2 is 1.58 bits per heavy atom. The summed E-state index contributed by atoms with van der Waals surface area (Å²) >= 11 is 5.97. The van der Waals surface area contributed by atoms with Crippen LogP contribution in [0.1, 0.15) is 22.9 Å². The van der Waals surface area contributed by atoms with Crippen LogP contribution < -0.4 is 14.8 Å². The molecule has 184 valence electrons. The Kier molecular flexibility index (Phi) is 6.87. The number of sulfonamides is 1. The maximum Gasteiger partial charge on any atom is 0.247 e. The van der Waals surface area contributed by atoms with Crippen LogP contribution in [0.25, 0.3) is 0 Å². The highest BCUT2D eigenvalue weighted by Gasteiger charge is 2.39. The van der Waals surface area contributed by atoms with Crippen LogP contribution in [0.4, 0.5) is 5.69 Å². The Bertz CT molecular complexity index is 1460. The van der Waals surface area contributed by atoms with E-state index in [0.29, 0.717) is 28.8 Å². The average molecular weight is 521 g/mol. The van der Waals surface area contributed by atoms with Gasteiger partial charge >= 0.3 is 0 Å². The quantitative estimate of drug-likeness (QED) is 0.312. The van der Waals surface area contributed by atoms with Crippen LogP contribution in [0.3, 0.4) is 0 Å². The zero-order valence-electron chi connectivity index (χ0n) is 19.6. The standard InChI is InChI=1S/C28H25ClN2O4S/c1-34-26-17-22(13-16-25(26)35-19-21-11-14-23(29)15-12-21)28-30-24-9-5-6-10-27(24)36(32,33)31(28)18-20-7-3-2-4-8-20/h2-17,28,30H,18-19H2,1H3/t28-/m1/s1. The number of para-hydroxylation sites is 1. The molecule has 0 amide bonds. The summed E-state index contributed by atoms with van der Waals surface area (Å²) in [5, 5.41) is 4.08. The summed E-state index contributed by atoms with van der Waals surface area (Å²) in [6, 6.07) is 29.4. The molecular formula is C28H25ClN2O4S. The monoisotopic (exact) mass is 520 g/mol. The van der Waals surface area contributed by atoms with Crippen LogP contribution >= 0.6 is 11.6 Å². The highest BCUT2D eigenvalue weighted by atomic mass is 35.5. The molecule has 1 atom stereocenters. The molecule has 0 bridgehead atoms. The Morgan fingerprint density at radius 1 is 0.861 bits per heavy atom. The van der Waals surface area contributed by atoms with Gasteiger partial charge in [-0.05, 0) is 53.1 Å². The van der Waals surface area contributed by atoms with E-state index < -0.39 is 16.2 Å². The van der Waals surface area contributed by atoms with Crippen molar-refractivity contribution in [1.82, 2.24) is 4.31 Å². The van der Waals surface area contributed by atoms with E-state index in [1.54, 1.807) is 31.4 Å². The fourth-order valence-electron chi connectivity index (χ4n) is 4.20. The smallest absolute Gasteiger partial charge is 0.247 e. The Hall–Kier alpha value is -3.52. The van der Waals surface area contributed by atoms with Gasteiger partial charge in [-0.2, -0.15) is 4.31 Å². The van der Waals surface area contributed by atoms with E-state index in [0.717, 1.165) is 16.7 Å². The summed E-state index contributed by atoms with van der Waals surface area (Å²) in [5.41, 5.74) is 3.16. The number of nitrogens with zero attached hydrogens (tertiary/aromatic N) is 1. The predicted molar refractivity (Wildman–Crippen MR) is 141 cm³/mol. The lowest BCUT2D eigenvalue weighted by Crippen LogP contribution is -2.42. The van der Waals surface area contributed by atoms with Gasteiger partial charge in [0.05, 0.1) is 12.8 Å². The minimum absolute atomic E-state index is 0.215. The zero-order valence-corrected chi connectivity index (χ0v) is 21.2. The van der Waals surface area contributed by atoms with Gasteiger partial charge in [-0.25, -0.2) is 8.42 Å². The van der Waals surface area contributed by atoms with Crippen LogP contribution in [0.5, 0.6) is 11.5 Å². The topological polar surface area (TPSA) is 67.9 Å². The van der Waals surface area contributed by atoms with Gasteiger partial charge in [0.2, 0.25) is 10.0 Å². The minimum atomic E-state index is -3.77. The SMILES string of the molecule is COc1cc([C@@H]2Nc3ccccc3S(=O)(=O)N2Cc2ccccc2)ccc1OCc1ccc(Cl)cc1. The van der Waals surface area contributed by atoms with Gasteiger partial charge in [0.25, 0.3) is 0 Å². The van der Waals surface area contributed by atoms with Gasteiger partial charge in [-0.1, -0.05) is 72.3 Å². The van der Waals surface area contributed by atoms with Crippen LogP contribution in [0, 0.1) is 0 Å². The Balaban J connectivity index is 1.48. The maximum absolute atomic E-state index is 13.7. The number of hydrogen-bond donors (Lipinski definition) is 1. The molecule has 6 nitrogen and oxygen atoms in total. The van der Waals surface area contributed by atoms with E-state index in [1.165, 1.54) is 4.31 Å². The summed E-state index contributed by atoms with van der Waals surface area (Å²) in [7, 11) is -2.20. The second kappa shape index (κ2) is 10.2. The molecule has 0 unspecified atom stereocenters. The number of hydrogen-bond acceptors (Lipinski definition) is 5. The first-order valence-corrected chi connectivity index (χ1v) is 13.2. The molecule has 8 heteroatoms. The lowest BCUT2D eigenvalue weighted by molar-refractivity contribution is 0.283. The summed E-state index contributed by atoms with van der Waals surface area (Å²) in [6.07, 6.45) is -0.635. The highest BCUT2D eigenvalue weighted by molar-refractivity contribution is 7.89. The predicted octanol–water partition coefficient (Wildman–Crippen LogP) is 6.24. The van der Waals surface area contributed by atoms with Crippen LogP contribution in [-0.4, -0.2) is 19.8 Å². The van der Waals surface area contributed by atoms with E-state index in [-0.39, 0.29) is 11.4 Å². The molecule has 1 N–H and O–H groups in total. The van der Waals surface area contributed by atoms with Gasteiger partial charge in [0.1, 0.15) is 17.7 Å². The van der Waals surface area contributed by atoms with Crippen molar-refractivity contribution in [3.63, 3.8) is 0 Å². The molecule has 36 heavy (non-hydrogen) atoms. The zero-order chi connectivity index (χ0) is 25.1. The minimum Gasteiger partial charge on any atom is -0.493 e. The second-order valence-corrected chi connectivity index (χ2v) is 10.7. The molecule has 0 fully saturated rings. The molecule has 4 aromatic carbocycles. The fourth-order valence-corrected chi connectivity index (χ4v) is 6.00. The lowest BCUT2D eigenvalue weighted by atomic mass is 10.1. The lowest BCUT2D eigenvalue weighted by Gasteiger charge is -2.37. The summed E-state index contributed by atoms with van der Waals surface area (Å²) in [4.78, 5) is 0.257. The van der Waals surface area contributed by atoms with Gasteiger partial charge in [0, 0.05) is 11.6 Å². The van der Waals surface area contributed by atoms with Gasteiger partial charge < -0.3 is 14.8 Å². The van der Waals surface area contributed by atoms with E-state index in [4.69, 9.17) is 21.1 Å². The molecule has 0 spiro atoms. The van der Waals surface area contributed by atoms with E-state index in [1.807, 2.05) is 72.8 Å². The highest BCUT2D eigenvalue weighted by Crippen LogP contribution is 2.41. The molecule has 0 radical (unpaired) electrons. The van der Waals surface area contributed by atoms with Crippen molar-refractivity contribution in [3.8, 4) is 11.5 Å². The summed E-state index contributed by atoms with van der Waals surface area (Å²) in [5.74, 6) is 1.07. The molecular weight excluding hydrogens is 496 g/mol. The third-order valence-electron chi connectivity index (χ3n) is 6.05. The first kappa shape index (κ1) is 24.2. The molecule has 0 saturated carbocycles. The van der Waals surface area contributed by atoms with Gasteiger partial charge in [-0.15, -0.1) is 0 Å². The van der Waals surface area contributed by atoms with Crippen molar-refractivity contribution < 1.29 is 17.9 Å². The normalized spacial score (nSPS) is 16.6. The van der Waals surface area contributed by atoms with Crippen molar-refractivity contribution >= 4 is 27.3 Å². The number of methoxy groups -OCH3 is 1. The molecule has 1 aliphatic heterocycles. The van der Waals surface area contributed by atoms with Crippen LogP contribution in [0.2, 0.25) is 5.02 Å². The molecule has 5 rings (SSSR count). The van der Waals surface area contributed by atoms with Gasteiger partial charge in [-0.3, -0.25) is 0 Å². The number of fused-ring (bicyclic) bond motifs is 1. The third kappa shape index (κ3) is 4.91. The van der Waals surface area contributed by atoms with E-state index in [9.17, 15) is 8.42 Å². The molecule has 0 aromatic heterocycles. The molecule has 1 aliphatic rings. The number of rotatable bonds is 7. The number of anilines is 1. The average Bonchev–Trinajstić information content (AvgIpc) is 2.90. The van der Waals surface area contributed by atoms with Crippen molar-refractivity contribution in [2.75, 3.05) is 12.4 Å². The van der Waals surface area contributed by atoms with E-state index >= 15 is 0 Å². The van der Waals surface area contributed by atoms with Crippen LogP contribution in [0.15, 0.2) is 102 Å². The molecule has 1 heterocycles. The summed E-state index contributed by atoms with van der Waals surface area (Å²) < 4.78 is 40.5. The maximum atomic E-state index is 13.7. The number of nitrogens with one attached hydrogen (secondary N) is 1. The van der Waals surface area contributed by atoms with Crippen molar-refractivity contribution in [1.29, 1.82) is 0 Å². The third-order valence-corrected chi connectivity index (χ3v) is 8.17. The molecule has 0 aliphatic carbocycles. The second-order valence-electron chi connectivity index (χ2n) is 8.40. The summed E-state index contributed by atoms with van der Waals surface area (Å²) in [6.45, 7) is 0.558. The largest absolute Gasteiger partial charge is 0.493 e. The number of ether oxygens (including phenoxy) is 2. The van der Waals surface area contributed by atoms with Crippen molar-refractivity contribution in [2.24, 2.45) is 0 Å². The molecule has 4 aromatic rings. The first-order chi connectivity index (χ1) is 17.5. The number of benzene rings is 4. The van der Waals surface area contributed by atoms with Gasteiger partial charge in [0.15, 0.2) is 11.5 Å². The Labute approximate surface area is 216 Å². The first-order valence-electron chi connectivity index (χ1n) is 11.4.